The summed E-state index contributed by atoms with van der Waals surface area (Å²) in [5, 5.41) is 0. The maximum atomic E-state index is 13.5. The van der Waals surface area contributed by atoms with Gasteiger partial charge < -0.3 is 18.9 Å². The van der Waals surface area contributed by atoms with Crippen molar-refractivity contribution in [3.8, 4) is 11.5 Å². The topological polar surface area (TPSA) is 105 Å². The normalized spacial score (nSPS) is 15.6. The monoisotopic (exact) mass is 636 g/mol. The lowest BCUT2D eigenvalue weighted by Crippen LogP contribution is -2.46. The zero-order valence-electron chi connectivity index (χ0n) is 28.5. The van der Waals surface area contributed by atoms with Crippen LogP contribution < -0.4 is 9.47 Å². The number of carbonyl (C=O) groups excluding carboxylic acids is 4. The maximum Gasteiger partial charge on any atom is 0.338 e. The van der Waals surface area contributed by atoms with Gasteiger partial charge in [0.2, 0.25) is 0 Å². The van der Waals surface area contributed by atoms with Crippen molar-refractivity contribution < 1.29 is 38.1 Å². The Bertz CT molecular complexity index is 1180. The van der Waals surface area contributed by atoms with Crippen LogP contribution in [0.3, 0.4) is 0 Å². The fraction of sp³-hybridized carbons (Fsp3) is 0.579. The minimum absolute atomic E-state index is 0.204. The summed E-state index contributed by atoms with van der Waals surface area (Å²) in [5.74, 6) is -0.765. The number of hydrogen-bond donors (Lipinski definition) is 0. The molecule has 0 bridgehead atoms. The van der Waals surface area contributed by atoms with Gasteiger partial charge in [-0.05, 0) is 99.9 Å². The van der Waals surface area contributed by atoms with Crippen LogP contribution in [0.4, 0.5) is 0 Å². The van der Waals surface area contributed by atoms with E-state index < -0.39 is 29.3 Å². The van der Waals surface area contributed by atoms with Crippen LogP contribution in [-0.4, -0.2) is 36.1 Å². The van der Waals surface area contributed by atoms with Gasteiger partial charge in [0.1, 0.15) is 11.5 Å². The molecule has 0 aliphatic heterocycles. The summed E-state index contributed by atoms with van der Waals surface area (Å²) in [7, 11) is 0. The van der Waals surface area contributed by atoms with Crippen molar-refractivity contribution in [2.24, 2.45) is 17.3 Å². The molecular weight excluding hydrogens is 584 g/mol. The third-order valence-corrected chi connectivity index (χ3v) is 9.35. The van der Waals surface area contributed by atoms with Gasteiger partial charge in [-0.25, -0.2) is 9.59 Å². The van der Waals surface area contributed by atoms with E-state index in [1.807, 2.05) is 13.8 Å². The van der Waals surface area contributed by atoms with Gasteiger partial charge in [-0.2, -0.15) is 0 Å². The van der Waals surface area contributed by atoms with Crippen LogP contribution in [0.5, 0.6) is 11.5 Å². The Labute approximate surface area is 274 Å². The van der Waals surface area contributed by atoms with E-state index in [0.29, 0.717) is 48.6 Å². The van der Waals surface area contributed by atoms with E-state index in [0.717, 1.165) is 44.9 Å². The summed E-state index contributed by atoms with van der Waals surface area (Å²) in [6, 6.07) is 12.4. The SMILES string of the molecule is CCC(CC)CC(C)OC(=O)c1ccc(OC(=O)C2(C(=O)Oc3ccc(C(=O)OC(C)CC(CC)CC)cc3)CCCCC2)cc1. The van der Waals surface area contributed by atoms with Crippen LogP contribution in [0.1, 0.15) is 133 Å². The Morgan fingerprint density at radius 3 is 1.26 bits per heavy atom. The number of carbonyl (C=O) groups is 4. The molecule has 1 saturated carbocycles. The van der Waals surface area contributed by atoms with Crippen LogP contribution in [0.15, 0.2) is 48.5 Å². The Balaban J connectivity index is 1.62. The second kappa shape index (κ2) is 17.9. The Hall–Kier alpha value is -3.68. The molecule has 8 heteroatoms. The lowest BCUT2D eigenvalue weighted by molar-refractivity contribution is -0.163. The van der Waals surface area contributed by atoms with E-state index >= 15 is 0 Å². The minimum atomic E-state index is -1.46. The van der Waals surface area contributed by atoms with E-state index in [9.17, 15) is 19.2 Å². The molecule has 0 aromatic heterocycles. The molecule has 0 N–H and O–H groups in total. The molecule has 1 aliphatic rings. The smallest absolute Gasteiger partial charge is 0.338 e. The zero-order valence-corrected chi connectivity index (χ0v) is 28.5. The molecule has 0 heterocycles. The average Bonchev–Trinajstić information content (AvgIpc) is 3.06. The lowest BCUT2D eigenvalue weighted by atomic mass is 9.74. The van der Waals surface area contributed by atoms with Gasteiger partial charge in [-0.15, -0.1) is 0 Å². The highest BCUT2D eigenvalue weighted by Crippen LogP contribution is 2.39. The average molecular weight is 637 g/mol. The van der Waals surface area contributed by atoms with Gasteiger partial charge in [-0.3, -0.25) is 9.59 Å². The highest BCUT2D eigenvalue weighted by molar-refractivity contribution is 6.02. The predicted molar refractivity (Wildman–Crippen MR) is 177 cm³/mol. The molecule has 0 saturated heterocycles. The zero-order chi connectivity index (χ0) is 33.7. The summed E-state index contributed by atoms with van der Waals surface area (Å²) in [4.78, 5) is 52.4. The molecule has 0 radical (unpaired) electrons. The van der Waals surface area contributed by atoms with Gasteiger partial charge in [0.15, 0.2) is 5.41 Å². The van der Waals surface area contributed by atoms with Crippen LogP contribution in [0.2, 0.25) is 0 Å². The first-order valence-corrected chi connectivity index (χ1v) is 17.1. The Morgan fingerprint density at radius 1 is 0.587 bits per heavy atom. The highest BCUT2D eigenvalue weighted by atomic mass is 16.6. The van der Waals surface area contributed by atoms with Crippen LogP contribution >= 0.6 is 0 Å². The van der Waals surface area contributed by atoms with Crippen molar-refractivity contribution in [2.45, 2.75) is 124 Å². The molecule has 2 aromatic carbocycles. The first kappa shape index (κ1) is 36.8. The first-order valence-electron chi connectivity index (χ1n) is 17.1. The Morgan fingerprint density at radius 2 is 0.935 bits per heavy atom. The number of esters is 4. The van der Waals surface area contributed by atoms with E-state index in [1.54, 1.807) is 24.3 Å². The third kappa shape index (κ3) is 10.2. The molecule has 1 fully saturated rings. The van der Waals surface area contributed by atoms with Gasteiger partial charge in [0.05, 0.1) is 23.3 Å². The third-order valence-electron chi connectivity index (χ3n) is 9.35. The lowest BCUT2D eigenvalue weighted by Gasteiger charge is -2.32. The van der Waals surface area contributed by atoms with Crippen molar-refractivity contribution >= 4 is 23.9 Å². The van der Waals surface area contributed by atoms with Crippen molar-refractivity contribution in [1.29, 1.82) is 0 Å². The molecular formula is C38H52O8. The fourth-order valence-corrected chi connectivity index (χ4v) is 6.16. The highest BCUT2D eigenvalue weighted by Gasteiger charge is 2.50. The van der Waals surface area contributed by atoms with Crippen molar-refractivity contribution in [3.63, 3.8) is 0 Å². The Kier molecular flexibility index (Phi) is 14.3. The fourth-order valence-electron chi connectivity index (χ4n) is 6.16. The van der Waals surface area contributed by atoms with Crippen LogP contribution in [0, 0.1) is 17.3 Å². The van der Waals surface area contributed by atoms with E-state index in [-0.39, 0.29) is 23.7 Å². The summed E-state index contributed by atoms with van der Waals surface area (Å²) in [6.07, 6.45) is 8.24. The molecule has 2 atom stereocenters. The minimum Gasteiger partial charge on any atom is -0.459 e. The number of benzene rings is 2. The summed E-state index contributed by atoms with van der Waals surface area (Å²) >= 11 is 0. The molecule has 8 nitrogen and oxygen atoms in total. The predicted octanol–water partition coefficient (Wildman–Crippen LogP) is 8.89. The molecule has 252 valence electrons. The molecule has 46 heavy (non-hydrogen) atoms. The first-order chi connectivity index (χ1) is 22.0. The van der Waals surface area contributed by atoms with Crippen molar-refractivity contribution in [2.75, 3.05) is 0 Å². The van der Waals surface area contributed by atoms with E-state index in [2.05, 4.69) is 27.7 Å². The van der Waals surface area contributed by atoms with Crippen LogP contribution in [-0.2, 0) is 19.1 Å². The summed E-state index contributed by atoms with van der Waals surface area (Å²) in [6.45, 7) is 12.3. The van der Waals surface area contributed by atoms with E-state index in [4.69, 9.17) is 18.9 Å². The molecule has 2 unspecified atom stereocenters. The van der Waals surface area contributed by atoms with Crippen LogP contribution in [0.25, 0.3) is 0 Å². The molecule has 1 aliphatic carbocycles. The van der Waals surface area contributed by atoms with Gasteiger partial charge in [0, 0.05) is 0 Å². The second-order valence-corrected chi connectivity index (χ2v) is 12.7. The van der Waals surface area contributed by atoms with Crippen molar-refractivity contribution in [3.05, 3.63) is 59.7 Å². The van der Waals surface area contributed by atoms with Gasteiger partial charge >= 0.3 is 23.9 Å². The number of rotatable bonds is 16. The molecule has 2 aromatic rings. The number of ether oxygens (including phenoxy) is 4. The molecule has 0 spiro atoms. The summed E-state index contributed by atoms with van der Waals surface area (Å²) < 4.78 is 22.6. The largest absolute Gasteiger partial charge is 0.459 e. The van der Waals surface area contributed by atoms with E-state index in [1.165, 1.54) is 24.3 Å². The maximum absolute atomic E-state index is 13.5. The number of hydrogen-bond acceptors (Lipinski definition) is 8. The standard InChI is InChI=1S/C38H52O8/c1-7-28(8-2)24-26(5)43-34(39)30-14-18-32(19-15-30)45-36(41)38(22-12-11-13-23-38)37(42)46-33-20-16-31(17-21-33)35(40)44-27(6)25-29(9-3)10-4/h14-21,26-29H,7-13,22-25H2,1-6H3. The second-order valence-electron chi connectivity index (χ2n) is 12.7. The van der Waals surface area contributed by atoms with Crippen molar-refractivity contribution in [1.82, 2.24) is 0 Å². The molecule has 0 amide bonds. The molecule has 3 rings (SSSR count). The van der Waals surface area contributed by atoms with Gasteiger partial charge in [0.25, 0.3) is 0 Å². The van der Waals surface area contributed by atoms with Gasteiger partial charge in [-0.1, -0.05) is 72.6 Å². The quantitative estimate of drug-likeness (QED) is 0.102. The summed E-state index contributed by atoms with van der Waals surface area (Å²) in [5.41, 5.74) is -0.741.